The average Bonchev–Trinajstić information content (AvgIpc) is 3.34. The van der Waals surface area contributed by atoms with Crippen LogP contribution in [0, 0.1) is 0 Å². The zero-order chi connectivity index (χ0) is 20.4. The number of hydrogen-bond donors (Lipinski definition) is 0. The van der Waals surface area contributed by atoms with Crippen LogP contribution >= 0.6 is 0 Å². The van der Waals surface area contributed by atoms with Gasteiger partial charge in [-0.3, -0.25) is 19.3 Å². The summed E-state index contributed by atoms with van der Waals surface area (Å²) in [5.41, 5.74) is 2.64. The normalized spacial score (nSPS) is 18.9. The molecule has 2 aromatic carbocycles. The van der Waals surface area contributed by atoms with E-state index in [0.29, 0.717) is 6.42 Å². The first-order chi connectivity index (χ1) is 14.1. The molecule has 2 aliphatic rings. The van der Waals surface area contributed by atoms with Gasteiger partial charge in [0.05, 0.1) is 18.9 Å². The van der Waals surface area contributed by atoms with Crippen molar-refractivity contribution < 1.29 is 19.1 Å². The van der Waals surface area contributed by atoms with Crippen molar-refractivity contribution in [3.8, 4) is 5.75 Å². The van der Waals surface area contributed by atoms with Gasteiger partial charge in [-0.1, -0.05) is 42.5 Å². The number of hydrazone groups is 1. The molecular weight excluding hydrogens is 370 g/mol. The molecule has 1 atom stereocenters. The molecule has 148 valence electrons. The molecule has 0 bridgehead atoms. The number of methoxy groups -OCH3 is 1. The number of carbonyl (C=O) groups excluding carboxylic acids is 3. The van der Waals surface area contributed by atoms with E-state index >= 15 is 0 Å². The summed E-state index contributed by atoms with van der Waals surface area (Å²) < 4.78 is 5.22. The predicted octanol–water partition coefficient (Wildman–Crippen LogP) is 2.52. The summed E-state index contributed by atoms with van der Waals surface area (Å²) in [5, 5.41) is 5.98. The van der Waals surface area contributed by atoms with Crippen molar-refractivity contribution in [1.82, 2.24) is 9.91 Å². The largest absolute Gasteiger partial charge is 0.497 e. The first-order valence-electron chi connectivity index (χ1n) is 9.49. The maximum absolute atomic E-state index is 13.0. The number of amides is 3. The lowest BCUT2D eigenvalue weighted by Gasteiger charge is -2.24. The second kappa shape index (κ2) is 7.87. The molecule has 7 heteroatoms. The molecule has 0 radical (unpaired) electrons. The lowest BCUT2D eigenvalue weighted by Crippen LogP contribution is -2.40. The Kier molecular flexibility index (Phi) is 5.12. The number of ether oxygens (including phenoxy) is 1. The van der Waals surface area contributed by atoms with E-state index in [-0.39, 0.29) is 43.1 Å². The summed E-state index contributed by atoms with van der Waals surface area (Å²) in [7, 11) is 1.60. The standard InChI is InChI=1S/C22H21N3O4/c1-29-17-9-7-16(8-10-17)19-13-18(15-5-3-2-4-6-15)23-25(19)22(28)14-24-20(26)11-12-21(24)27/h2-10,19H,11-14H2,1H3. The first-order valence-corrected chi connectivity index (χ1v) is 9.49. The number of imide groups is 1. The quantitative estimate of drug-likeness (QED) is 0.734. The number of carbonyl (C=O) groups is 3. The van der Waals surface area contributed by atoms with E-state index in [0.717, 1.165) is 27.5 Å². The third-order valence-corrected chi connectivity index (χ3v) is 5.22. The molecule has 0 aromatic heterocycles. The fourth-order valence-corrected chi connectivity index (χ4v) is 3.64. The van der Waals surface area contributed by atoms with Crippen molar-refractivity contribution in [1.29, 1.82) is 0 Å². The van der Waals surface area contributed by atoms with Crippen LogP contribution in [0.5, 0.6) is 5.75 Å². The number of likely N-dealkylation sites (tertiary alicyclic amines) is 1. The lowest BCUT2D eigenvalue weighted by atomic mass is 9.98. The Balaban J connectivity index is 1.63. The monoisotopic (exact) mass is 391 g/mol. The molecule has 0 saturated carbocycles. The number of hydrogen-bond acceptors (Lipinski definition) is 5. The molecule has 1 saturated heterocycles. The summed E-state index contributed by atoms with van der Waals surface area (Å²) in [4.78, 5) is 37.9. The Morgan fingerprint density at radius 3 is 2.31 bits per heavy atom. The van der Waals surface area contributed by atoms with Crippen LogP contribution in [0.25, 0.3) is 0 Å². The van der Waals surface area contributed by atoms with Crippen LogP contribution in [0.2, 0.25) is 0 Å². The van der Waals surface area contributed by atoms with Crippen LogP contribution in [0.3, 0.4) is 0 Å². The fraction of sp³-hybridized carbons (Fsp3) is 0.273. The SMILES string of the molecule is COc1ccc(C2CC(c3ccccc3)=NN2C(=O)CN2C(=O)CCC2=O)cc1. The van der Waals surface area contributed by atoms with Gasteiger partial charge in [0.1, 0.15) is 12.3 Å². The zero-order valence-corrected chi connectivity index (χ0v) is 16.1. The molecule has 2 aliphatic heterocycles. The fourth-order valence-electron chi connectivity index (χ4n) is 3.64. The summed E-state index contributed by atoms with van der Waals surface area (Å²) in [6.45, 7) is -0.282. The van der Waals surface area contributed by atoms with Crippen molar-refractivity contribution in [2.24, 2.45) is 5.10 Å². The summed E-state index contributed by atoms with van der Waals surface area (Å²) in [6, 6.07) is 16.8. The molecule has 0 spiro atoms. The van der Waals surface area contributed by atoms with Crippen LogP contribution in [0.1, 0.15) is 36.4 Å². The third kappa shape index (κ3) is 3.76. The molecule has 1 fully saturated rings. The van der Waals surface area contributed by atoms with Gasteiger partial charge in [0.15, 0.2) is 0 Å². The zero-order valence-electron chi connectivity index (χ0n) is 16.1. The maximum Gasteiger partial charge on any atom is 0.263 e. The van der Waals surface area contributed by atoms with Gasteiger partial charge in [-0.15, -0.1) is 0 Å². The van der Waals surface area contributed by atoms with Gasteiger partial charge in [-0.05, 0) is 23.3 Å². The van der Waals surface area contributed by atoms with Gasteiger partial charge in [-0.25, -0.2) is 5.01 Å². The Morgan fingerprint density at radius 1 is 1.03 bits per heavy atom. The molecule has 3 amide bonds. The van der Waals surface area contributed by atoms with E-state index < -0.39 is 0 Å². The van der Waals surface area contributed by atoms with Crippen molar-refractivity contribution >= 4 is 23.4 Å². The number of rotatable bonds is 5. The molecule has 7 nitrogen and oxygen atoms in total. The van der Waals surface area contributed by atoms with Crippen molar-refractivity contribution in [3.63, 3.8) is 0 Å². The van der Waals surface area contributed by atoms with Gasteiger partial charge in [0.25, 0.3) is 5.91 Å². The number of nitrogens with zero attached hydrogens (tertiary/aromatic N) is 3. The van der Waals surface area contributed by atoms with E-state index in [1.54, 1.807) is 7.11 Å². The molecular formula is C22H21N3O4. The van der Waals surface area contributed by atoms with Crippen LogP contribution in [0.15, 0.2) is 59.7 Å². The van der Waals surface area contributed by atoms with Crippen LogP contribution in [-0.4, -0.2) is 47.0 Å². The van der Waals surface area contributed by atoms with Gasteiger partial charge < -0.3 is 4.74 Å². The highest BCUT2D eigenvalue weighted by atomic mass is 16.5. The highest BCUT2D eigenvalue weighted by molar-refractivity contribution is 6.06. The predicted molar refractivity (Wildman–Crippen MR) is 106 cm³/mol. The van der Waals surface area contributed by atoms with E-state index in [1.165, 1.54) is 5.01 Å². The Bertz CT molecular complexity index is 953. The molecule has 1 unspecified atom stereocenters. The average molecular weight is 391 g/mol. The second-order valence-corrected chi connectivity index (χ2v) is 7.02. The van der Waals surface area contributed by atoms with Crippen LogP contribution in [0.4, 0.5) is 0 Å². The summed E-state index contributed by atoms with van der Waals surface area (Å²) in [5.74, 6) is -0.269. The van der Waals surface area contributed by atoms with Crippen molar-refractivity contribution in [2.45, 2.75) is 25.3 Å². The first kappa shape index (κ1) is 18.9. The Labute approximate surface area is 168 Å². The minimum Gasteiger partial charge on any atom is -0.497 e. The molecule has 29 heavy (non-hydrogen) atoms. The Morgan fingerprint density at radius 2 is 1.69 bits per heavy atom. The van der Waals surface area contributed by atoms with E-state index in [9.17, 15) is 14.4 Å². The third-order valence-electron chi connectivity index (χ3n) is 5.22. The smallest absolute Gasteiger partial charge is 0.263 e. The minimum atomic E-state index is -0.375. The topological polar surface area (TPSA) is 79.3 Å². The van der Waals surface area contributed by atoms with Gasteiger partial charge >= 0.3 is 0 Å². The molecule has 0 aliphatic carbocycles. The molecule has 4 rings (SSSR count). The number of benzene rings is 2. The second-order valence-electron chi connectivity index (χ2n) is 7.02. The van der Waals surface area contributed by atoms with Crippen LogP contribution in [-0.2, 0) is 14.4 Å². The lowest BCUT2D eigenvalue weighted by molar-refractivity contribution is -0.146. The van der Waals surface area contributed by atoms with Crippen molar-refractivity contribution in [2.75, 3.05) is 13.7 Å². The highest BCUT2D eigenvalue weighted by Crippen LogP contribution is 2.34. The highest BCUT2D eigenvalue weighted by Gasteiger charge is 2.37. The molecule has 2 heterocycles. The van der Waals surface area contributed by atoms with Crippen LogP contribution < -0.4 is 4.74 Å². The van der Waals surface area contributed by atoms with E-state index in [4.69, 9.17) is 4.74 Å². The Hall–Kier alpha value is -3.48. The molecule has 2 aromatic rings. The van der Waals surface area contributed by atoms with Gasteiger partial charge in [0, 0.05) is 19.3 Å². The molecule has 0 N–H and O–H groups in total. The summed E-state index contributed by atoms with van der Waals surface area (Å²) >= 11 is 0. The van der Waals surface area contributed by atoms with Crippen molar-refractivity contribution in [3.05, 3.63) is 65.7 Å². The van der Waals surface area contributed by atoms with E-state index in [1.807, 2.05) is 54.6 Å². The summed E-state index contributed by atoms with van der Waals surface area (Å²) in [6.07, 6.45) is 0.864. The van der Waals surface area contributed by atoms with Gasteiger partial charge in [0.2, 0.25) is 11.8 Å². The van der Waals surface area contributed by atoms with Gasteiger partial charge in [-0.2, -0.15) is 5.10 Å². The maximum atomic E-state index is 13.0. The van der Waals surface area contributed by atoms with E-state index in [2.05, 4.69) is 5.10 Å². The minimum absolute atomic E-state index is 0.159.